The van der Waals surface area contributed by atoms with Crippen LogP contribution in [0.3, 0.4) is 0 Å². The Bertz CT molecular complexity index is 482. The van der Waals surface area contributed by atoms with E-state index in [1.807, 2.05) is 0 Å². The third kappa shape index (κ3) is 2.98. The number of aliphatic hydroxyl groups is 1. The molecule has 1 aliphatic rings. The largest absolute Gasteiger partial charge is 0.399 e. The summed E-state index contributed by atoms with van der Waals surface area (Å²) in [6.07, 6.45) is 2.66. The molecule has 0 heterocycles. The number of rotatable bonds is 4. The van der Waals surface area contributed by atoms with Gasteiger partial charge in [-0.1, -0.05) is 0 Å². The molecule has 1 fully saturated rings. The van der Waals surface area contributed by atoms with Crippen LogP contribution in [-0.2, 0) is 0 Å². The van der Waals surface area contributed by atoms with E-state index in [0.717, 1.165) is 19.3 Å². The Kier molecular flexibility index (Phi) is 3.66. The van der Waals surface area contributed by atoms with Gasteiger partial charge in [-0.05, 0) is 37.5 Å². The minimum Gasteiger partial charge on any atom is -0.399 e. The molecule has 0 radical (unpaired) electrons. The quantitative estimate of drug-likeness (QED) is 0.715. The molecule has 0 bridgehead atoms. The third-order valence-corrected chi connectivity index (χ3v) is 3.57. The SMILES string of the molecule is CN(C)C(=O)c1ccc(N)cc1NCC1(O)CCC1. The summed E-state index contributed by atoms with van der Waals surface area (Å²) >= 11 is 0. The molecular formula is C14H21N3O2. The maximum absolute atomic E-state index is 12.1. The molecule has 1 saturated carbocycles. The molecule has 19 heavy (non-hydrogen) atoms. The van der Waals surface area contributed by atoms with Crippen molar-refractivity contribution in [1.82, 2.24) is 4.90 Å². The highest BCUT2D eigenvalue weighted by molar-refractivity contribution is 6.00. The summed E-state index contributed by atoms with van der Waals surface area (Å²) in [6.45, 7) is 0.449. The number of amides is 1. The number of anilines is 2. The van der Waals surface area contributed by atoms with E-state index in [1.165, 1.54) is 4.90 Å². The Morgan fingerprint density at radius 3 is 2.68 bits per heavy atom. The molecule has 1 aromatic carbocycles. The van der Waals surface area contributed by atoms with E-state index in [0.29, 0.717) is 23.5 Å². The van der Waals surface area contributed by atoms with Gasteiger partial charge in [0, 0.05) is 32.0 Å². The molecule has 4 N–H and O–H groups in total. The van der Waals surface area contributed by atoms with Gasteiger partial charge in [0.25, 0.3) is 5.91 Å². The van der Waals surface area contributed by atoms with Crippen molar-refractivity contribution in [3.63, 3.8) is 0 Å². The average Bonchev–Trinajstić information content (AvgIpc) is 2.33. The fourth-order valence-corrected chi connectivity index (χ4v) is 2.16. The summed E-state index contributed by atoms with van der Waals surface area (Å²) in [6, 6.07) is 5.16. The maximum atomic E-state index is 12.1. The molecule has 1 amide bonds. The van der Waals surface area contributed by atoms with Crippen LogP contribution in [-0.4, -0.2) is 42.2 Å². The molecule has 0 atom stereocenters. The molecule has 1 aromatic rings. The van der Waals surface area contributed by atoms with Gasteiger partial charge in [-0.15, -0.1) is 0 Å². The monoisotopic (exact) mass is 263 g/mol. The molecule has 0 saturated heterocycles. The Labute approximate surface area is 113 Å². The van der Waals surface area contributed by atoms with Gasteiger partial charge in [0.2, 0.25) is 0 Å². The van der Waals surface area contributed by atoms with Crippen molar-refractivity contribution < 1.29 is 9.90 Å². The average molecular weight is 263 g/mol. The van der Waals surface area contributed by atoms with E-state index < -0.39 is 5.60 Å². The van der Waals surface area contributed by atoms with Crippen molar-refractivity contribution in [3.05, 3.63) is 23.8 Å². The fourth-order valence-electron chi connectivity index (χ4n) is 2.16. The standard InChI is InChI=1S/C14H21N3O2/c1-17(2)13(18)11-5-4-10(15)8-12(11)16-9-14(19)6-3-7-14/h4-5,8,16,19H,3,6-7,9,15H2,1-2H3. The molecule has 0 spiro atoms. The van der Waals surface area contributed by atoms with E-state index in [4.69, 9.17) is 5.73 Å². The van der Waals surface area contributed by atoms with Crippen LogP contribution < -0.4 is 11.1 Å². The lowest BCUT2D eigenvalue weighted by Gasteiger charge is -2.37. The summed E-state index contributed by atoms with van der Waals surface area (Å²) in [5.74, 6) is -0.0805. The predicted octanol–water partition coefficient (Wildman–Crippen LogP) is 1.30. The number of carbonyl (C=O) groups is 1. The van der Waals surface area contributed by atoms with Gasteiger partial charge < -0.3 is 21.1 Å². The van der Waals surface area contributed by atoms with Crippen LogP contribution in [0.4, 0.5) is 11.4 Å². The number of carbonyl (C=O) groups excluding carboxylic acids is 1. The van der Waals surface area contributed by atoms with E-state index in [9.17, 15) is 9.90 Å². The highest BCUT2D eigenvalue weighted by Gasteiger charge is 2.34. The first-order valence-corrected chi connectivity index (χ1v) is 6.49. The summed E-state index contributed by atoms with van der Waals surface area (Å²) in [4.78, 5) is 13.6. The number of benzene rings is 1. The van der Waals surface area contributed by atoms with Crippen LogP contribution in [0.15, 0.2) is 18.2 Å². The Balaban J connectivity index is 2.17. The minimum atomic E-state index is -0.636. The Morgan fingerprint density at radius 1 is 1.47 bits per heavy atom. The lowest BCUT2D eigenvalue weighted by Crippen LogP contribution is -2.43. The third-order valence-electron chi connectivity index (χ3n) is 3.57. The molecule has 0 aliphatic heterocycles. The normalized spacial score (nSPS) is 16.6. The zero-order valence-corrected chi connectivity index (χ0v) is 11.4. The number of nitrogens with zero attached hydrogens (tertiary/aromatic N) is 1. The first kappa shape index (κ1) is 13.7. The van der Waals surface area contributed by atoms with Gasteiger partial charge in [0.05, 0.1) is 11.2 Å². The first-order chi connectivity index (χ1) is 8.91. The molecule has 2 rings (SSSR count). The van der Waals surface area contributed by atoms with Crippen LogP contribution in [0.1, 0.15) is 29.6 Å². The highest BCUT2D eigenvalue weighted by atomic mass is 16.3. The summed E-state index contributed by atoms with van der Waals surface area (Å²) in [7, 11) is 3.42. The number of hydrogen-bond donors (Lipinski definition) is 3. The van der Waals surface area contributed by atoms with Crippen molar-refractivity contribution in [2.45, 2.75) is 24.9 Å². The number of nitrogen functional groups attached to an aromatic ring is 1. The lowest BCUT2D eigenvalue weighted by atomic mass is 9.80. The van der Waals surface area contributed by atoms with Crippen molar-refractivity contribution in [3.8, 4) is 0 Å². The molecule has 1 aliphatic carbocycles. The van der Waals surface area contributed by atoms with E-state index in [-0.39, 0.29) is 5.91 Å². The van der Waals surface area contributed by atoms with Gasteiger partial charge in [0.1, 0.15) is 0 Å². The molecule has 0 aromatic heterocycles. The van der Waals surface area contributed by atoms with Gasteiger partial charge in [-0.2, -0.15) is 0 Å². The molecule has 5 nitrogen and oxygen atoms in total. The van der Waals surface area contributed by atoms with Crippen LogP contribution in [0.5, 0.6) is 0 Å². The molecule has 104 valence electrons. The molecule has 0 unspecified atom stereocenters. The van der Waals surface area contributed by atoms with E-state index in [2.05, 4.69) is 5.32 Å². The second kappa shape index (κ2) is 5.09. The Morgan fingerprint density at radius 2 is 2.16 bits per heavy atom. The summed E-state index contributed by atoms with van der Waals surface area (Å²) in [5, 5.41) is 13.2. The van der Waals surface area contributed by atoms with Gasteiger partial charge in [-0.25, -0.2) is 0 Å². The maximum Gasteiger partial charge on any atom is 0.255 e. The summed E-state index contributed by atoms with van der Waals surface area (Å²) in [5.41, 5.74) is 6.97. The first-order valence-electron chi connectivity index (χ1n) is 6.49. The second-order valence-corrected chi connectivity index (χ2v) is 5.44. The summed E-state index contributed by atoms with van der Waals surface area (Å²) < 4.78 is 0. The van der Waals surface area contributed by atoms with Crippen LogP contribution in [0.2, 0.25) is 0 Å². The van der Waals surface area contributed by atoms with Gasteiger partial charge >= 0.3 is 0 Å². The van der Waals surface area contributed by atoms with E-state index in [1.54, 1.807) is 32.3 Å². The van der Waals surface area contributed by atoms with Crippen LogP contribution in [0.25, 0.3) is 0 Å². The van der Waals surface area contributed by atoms with Crippen molar-refractivity contribution in [2.24, 2.45) is 0 Å². The zero-order valence-electron chi connectivity index (χ0n) is 11.4. The second-order valence-electron chi connectivity index (χ2n) is 5.44. The van der Waals surface area contributed by atoms with Crippen molar-refractivity contribution in [1.29, 1.82) is 0 Å². The molecule has 5 heteroatoms. The van der Waals surface area contributed by atoms with Crippen LogP contribution >= 0.6 is 0 Å². The lowest BCUT2D eigenvalue weighted by molar-refractivity contribution is -0.0202. The van der Waals surface area contributed by atoms with Crippen molar-refractivity contribution in [2.75, 3.05) is 31.7 Å². The van der Waals surface area contributed by atoms with E-state index >= 15 is 0 Å². The van der Waals surface area contributed by atoms with Crippen LogP contribution in [0, 0.1) is 0 Å². The number of hydrogen-bond acceptors (Lipinski definition) is 4. The van der Waals surface area contributed by atoms with Crippen molar-refractivity contribution >= 4 is 17.3 Å². The Hall–Kier alpha value is -1.75. The number of nitrogens with two attached hydrogens (primary N) is 1. The number of nitrogens with one attached hydrogen (secondary N) is 1. The topological polar surface area (TPSA) is 78.6 Å². The smallest absolute Gasteiger partial charge is 0.255 e. The van der Waals surface area contributed by atoms with Gasteiger partial charge in [0.15, 0.2) is 0 Å². The molecular weight excluding hydrogens is 242 g/mol. The highest BCUT2D eigenvalue weighted by Crippen LogP contribution is 2.32. The predicted molar refractivity (Wildman–Crippen MR) is 76.2 cm³/mol. The minimum absolute atomic E-state index is 0.0805. The fraction of sp³-hybridized carbons (Fsp3) is 0.500. The van der Waals surface area contributed by atoms with Gasteiger partial charge in [-0.3, -0.25) is 4.79 Å². The zero-order chi connectivity index (χ0) is 14.0.